The summed E-state index contributed by atoms with van der Waals surface area (Å²) in [7, 11) is 0. The molecule has 0 aliphatic rings. The highest BCUT2D eigenvalue weighted by Gasteiger charge is 2.18. The van der Waals surface area contributed by atoms with E-state index in [1.54, 1.807) is 48.7 Å². The molecule has 116 valence electrons. The maximum absolute atomic E-state index is 11.4. The lowest BCUT2D eigenvalue weighted by atomic mass is 10.1. The van der Waals surface area contributed by atoms with Crippen molar-refractivity contribution in [3.63, 3.8) is 0 Å². The predicted molar refractivity (Wildman–Crippen MR) is 88.7 cm³/mol. The quantitative estimate of drug-likeness (QED) is 0.556. The maximum atomic E-state index is 11.4. The van der Waals surface area contributed by atoms with Crippen molar-refractivity contribution >= 4 is 22.3 Å². The number of phenolic OH excluding ortho intramolecular Hbond substituents is 1. The van der Waals surface area contributed by atoms with Gasteiger partial charge >= 0.3 is 5.69 Å². The van der Waals surface area contributed by atoms with E-state index in [1.807, 2.05) is 6.07 Å². The van der Waals surface area contributed by atoms with Crippen molar-refractivity contribution in [2.24, 2.45) is 0 Å². The number of nitro groups is 1. The number of fused-ring (bicyclic) bond motifs is 1. The molecule has 0 aliphatic carbocycles. The van der Waals surface area contributed by atoms with Gasteiger partial charge in [0.05, 0.1) is 15.8 Å². The molecule has 0 radical (unpaired) electrons. The van der Waals surface area contributed by atoms with Gasteiger partial charge in [0, 0.05) is 12.7 Å². The average Bonchev–Trinajstić information content (AvgIpc) is 2.54. The van der Waals surface area contributed by atoms with Gasteiger partial charge in [-0.2, -0.15) is 0 Å². The highest BCUT2D eigenvalue weighted by atomic mass is 16.6. The fourth-order valence-electron chi connectivity index (χ4n) is 2.53. The highest BCUT2D eigenvalue weighted by Crippen LogP contribution is 2.32. The van der Waals surface area contributed by atoms with Gasteiger partial charge in [0.2, 0.25) is 0 Å². The van der Waals surface area contributed by atoms with E-state index in [1.165, 1.54) is 0 Å². The summed E-state index contributed by atoms with van der Waals surface area (Å²) in [6.07, 6.45) is 2.26. The van der Waals surface area contributed by atoms with Crippen molar-refractivity contribution in [3.05, 3.63) is 70.4 Å². The van der Waals surface area contributed by atoms with Crippen LogP contribution >= 0.6 is 0 Å². The number of aromatic hydroxyl groups is 1. The van der Waals surface area contributed by atoms with E-state index >= 15 is 0 Å². The van der Waals surface area contributed by atoms with Crippen LogP contribution < -0.4 is 5.32 Å². The van der Waals surface area contributed by atoms with Gasteiger partial charge in [-0.25, -0.2) is 0 Å². The zero-order valence-corrected chi connectivity index (χ0v) is 12.3. The van der Waals surface area contributed by atoms with E-state index in [-0.39, 0.29) is 16.4 Å². The van der Waals surface area contributed by atoms with E-state index in [0.29, 0.717) is 29.6 Å². The molecule has 1 aromatic heterocycles. The molecule has 3 aromatic rings. The number of pyridine rings is 1. The largest absolute Gasteiger partial charge is 0.508 e. The standard InChI is InChI=1S/C17H15N3O3/c21-13-4-1-3-12(11-13)8-10-19-16-7-6-15-14(5-2-9-18-15)17(16)20(22)23/h1-7,9,11,19,21H,8,10H2. The summed E-state index contributed by atoms with van der Waals surface area (Å²) >= 11 is 0. The number of benzene rings is 2. The molecular formula is C17H15N3O3. The van der Waals surface area contributed by atoms with Crippen molar-refractivity contribution in [2.75, 3.05) is 11.9 Å². The Bertz CT molecular complexity index is 865. The molecular weight excluding hydrogens is 294 g/mol. The normalized spacial score (nSPS) is 10.6. The van der Waals surface area contributed by atoms with Crippen LogP contribution in [0, 0.1) is 10.1 Å². The number of nitrogens with zero attached hydrogens (tertiary/aromatic N) is 2. The fourth-order valence-corrected chi connectivity index (χ4v) is 2.53. The van der Waals surface area contributed by atoms with Gasteiger partial charge in [0.1, 0.15) is 11.4 Å². The number of nitrogens with one attached hydrogen (secondary N) is 1. The second kappa shape index (κ2) is 6.31. The fraction of sp³-hybridized carbons (Fsp3) is 0.118. The summed E-state index contributed by atoms with van der Waals surface area (Å²) in [5.41, 5.74) is 2.06. The minimum Gasteiger partial charge on any atom is -0.508 e. The molecule has 0 saturated heterocycles. The van der Waals surface area contributed by atoms with E-state index in [4.69, 9.17) is 0 Å². The van der Waals surface area contributed by atoms with Gasteiger partial charge in [-0.3, -0.25) is 15.1 Å². The second-order valence-electron chi connectivity index (χ2n) is 5.14. The molecule has 0 atom stereocenters. The molecule has 3 rings (SSSR count). The first-order valence-corrected chi connectivity index (χ1v) is 7.19. The second-order valence-corrected chi connectivity index (χ2v) is 5.14. The number of aromatic nitrogens is 1. The van der Waals surface area contributed by atoms with Crippen LogP contribution in [0.25, 0.3) is 10.9 Å². The molecule has 23 heavy (non-hydrogen) atoms. The van der Waals surface area contributed by atoms with Gasteiger partial charge in [-0.05, 0) is 48.4 Å². The molecule has 2 N–H and O–H groups in total. The molecule has 0 amide bonds. The first-order chi connectivity index (χ1) is 11.1. The summed E-state index contributed by atoms with van der Waals surface area (Å²) in [5.74, 6) is 0.213. The van der Waals surface area contributed by atoms with Crippen LogP contribution in [0.2, 0.25) is 0 Å². The van der Waals surface area contributed by atoms with Gasteiger partial charge in [-0.1, -0.05) is 12.1 Å². The van der Waals surface area contributed by atoms with Gasteiger partial charge in [0.25, 0.3) is 0 Å². The summed E-state index contributed by atoms with van der Waals surface area (Å²) in [5, 5.41) is 24.5. The third-order valence-corrected chi connectivity index (χ3v) is 3.58. The van der Waals surface area contributed by atoms with Crippen LogP contribution in [0.1, 0.15) is 5.56 Å². The zero-order valence-electron chi connectivity index (χ0n) is 12.3. The summed E-state index contributed by atoms with van der Waals surface area (Å²) in [4.78, 5) is 15.2. The molecule has 0 unspecified atom stereocenters. The van der Waals surface area contributed by atoms with Crippen molar-refractivity contribution in [1.29, 1.82) is 0 Å². The number of anilines is 1. The Hall–Kier alpha value is -3.15. The summed E-state index contributed by atoms with van der Waals surface area (Å²) in [6, 6.07) is 13.8. The third kappa shape index (κ3) is 3.21. The smallest absolute Gasteiger partial charge is 0.301 e. The number of hydrogen-bond donors (Lipinski definition) is 2. The van der Waals surface area contributed by atoms with Gasteiger partial charge in [-0.15, -0.1) is 0 Å². The van der Waals surface area contributed by atoms with E-state index in [2.05, 4.69) is 10.3 Å². The SMILES string of the molecule is O=[N+]([O-])c1c(NCCc2cccc(O)c2)ccc2ncccc12. The molecule has 0 fully saturated rings. The Morgan fingerprint density at radius 2 is 2.04 bits per heavy atom. The number of phenols is 1. The van der Waals surface area contributed by atoms with Crippen LogP contribution in [0.5, 0.6) is 5.75 Å². The van der Waals surface area contributed by atoms with Gasteiger partial charge in [0.15, 0.2) is 0 Å². The Morgan fingerprint density at radius 1 is 1.17 bits per heavy atom. The topological polar surface area (TPSA) is 88.3 Å². The summed E-state index contributed by atoms with van der Waals surface area (Å²) < 4.78 is 0. The minimum atomic E-state index is -0.388. The maximum Gasteiger partial charge on any atom is 0.301 e. The molecule has 0 aliphatic heterocycles. The number of hydrogen-bond acceptors (Lipinski definition) is 5. The lowest BCUT2D eigenvalue weighted by molar-refractivity contribution is -0.382. The lowest BCUT2D eigenvalue weighted by Gasteiger charge is -2.09. The first kappa shape index (κ1) is 14.8. The van der Waals surface area contributed by atoms with Crippen molar-refractivity contribution in [1.82, 2.24) is 4.98 Å². The van der Waals surface area contributed by atoms with Crippen LogP contribution in [0.15, 0.2) is 54.7 Å². The molecule has 0 bridgehead atoms. The summed E-state index contributed by atoms with van der Waals surface area (Å²) in [6.45, 7) is 0.524. The Balaban J connectivity index is 1.82. The van der Waals surface area contributed by atoms with Crippen molar-refractivity contribution in [2.45, 2.75) is 6.42 Å². The van der Waals surface area contributed by atoms with Crippen LogP contribution in [-0.4, -0.2) is 21.6 Å². The number of nitro benzene ring substituents is 1. The van der Waals surface area contributed by atoms with E-state index in [9.17, 15) is 15.2 Å². The van der Waals surface area contributed by atoms with Crippen LogP contribution in [-0.2, 0) is 6.42 Å². The minimum absolute atomic E-state index is 0.0338. The molecule has 0 saturated carbocycles. The number of rotatable bonds is 5. The van der Waals surface area contributed by atoms with E-state index in [0.717, 1.165) is 5.56 Å². The first-order valence-electron chi connectivity index (χ1n) is 7.19. The van der Waals surface area contributed by atoms with E-state index < -0.39 is 0 Å². The molecule has 1 heterocycles. The zero-order chi connectivity index (χ0) is 16.2. The van der Waals surface area contributed by atoms with Crippen LogP contribution in [0.4, 0.5) is 11.4 Å². The highest BCUT2D eigenvalue weighted by molar-refractivity contribution is 5.94. The third-order valence-electron chi connectivity index (χ3n) is 3.58. The van der Waals surface area contributed by atoms with Gasteiger partial charge < -0.3 is 10.4 Å². The Morgan fingerprint density at radius 3 is 2.83 bits per heavy atom. The Kier molecular flexibility index (Phi) is 4.05. The lowest BCUT2D eigenvalue weighted by Crippen LogP contribution is -2.07. The molecule has 6 nitrogen and oxygen atoms in total. The molecule has 0 spiro atoms. The monoisotopic (exact) mass is 309 g/mol. The van der Waals surface area contributed by atoms with Crippen molar-refractivity contribution in [3.8, 4) is 5.75 Å². The Labute approximate surface area is 132 Å². The predicted octanol–water partition coefficient (Wildman–Crippen LogP) is 3.50. The van der Waals surface area contributed by atoms with Crippen molar-refractivity contribution < 1.29 is 10.0 Å². The molecule has 2 aromatic carbocycles. The molecule has 6 heteroatoms. The van der Waals surface area contributed by atoms with Crippen LogP contribution in [0.3, 0.4) is 0 Å². The average molecular weight is 309 g/mol.